The molecule has 1 aromatic rings. The van der Waals surface area contributed by atoms with Crippen molar-refractivity contribution in [1.29, 1.82) is 0 Å². The third kappa shape index (κ3) is 1.59. The van der Waals surface area contributed by atoms with Crippen LogP contribution < -0.4 is 0 Å². The number of rotatable bonds is 3. The number of benzene rings is 1. The van der Waals surface area contributed by atoms with Gasteiger partial charge in [0, 0.05) is 23.1 Å². The maximum absolute atomic E-state index is 13.4. The van der Waals surface area contributed by atoms with E-state index in [4.69, 9.17) is 5.11 Å². The van der Waals surface area contributed by atoms with Gasteiger partial charge in [0.1, 0.15) is 5.82 Å². The van der Waals surface area contributed by atoms with Crippen LogP contribution in [0.4, 0.5) is 10.1 Å². The SMILES string of the molecule is O=[N+]([O-])c1ccc(F)c(C2(CO)CC2)c1. The van der Waals surface area contributed by atoms with Crippen LogP contribution in [0.2, 0.25) is 0 Å². The Hall–Kier alpha value is -1.49. The Bertz CT molecular complexity index is 415. The molecule has 1 aliphatic carbocycles. The number of nitro benzene ring substituents is 1. The van der Waals surface area contributed by atoms with Crippen LogP contribution in [0.5, 0.6) is 0 Å². The standard InChI is InChI=1S/C10H10FNO3/c11-9-2-1-7(12(14)15)5-8(9)10(6-13)3-4-10/h1-2,5,13H,3-4,6H2. The van der Waals surface area contributed by atoms with E-state index in [1.807, 2.05) is 0 Å². The van der Waals surface area contributed by atoms with E-state index in [0.29, 0.717) is 12.8 Å². The van der Waals surface area contributed by atoms with Gasteiger partial charge in [-0.1, -0.05) is 0 Å². The van der Waals surface area contributed by atoms with Crippen molar-refractivity contribution in [2.75, 3.05) is 6.61 Å². The number of non-ortho nitro benzene ring substituents is 1. The highest BCUT2D eigenvalue weighted by atomic mass is 19.1. The summed E-state index contributed by atoms with van der Waals surface area (Å²) in [6.07, 6.45) is 1.36. The summed E-state index contributed by atoms with van der Waals surface area (Å²) in [5.74, 6) is -0.479. The van der Waals surface area contributed by atoms with Crippen LogP contribution in [0.3, 0.4) is 0 Å². The Balaban J connectivity index is 2.46. The highest BCUT2D eigenvalue weighted by molar-refractivity contribution is 5.42. The first-order chi connectivity index (χ1) is 7.09. The molecule has 0 unspecified atom stereocenters. The first-order valence-electron chi connectivity index (χ1n) is 4.64. The second kappa shape index (κ2) is 3.27. The minimum absolute atomic E-state index is 0.133. The lowest BCUT2D eigenvalue weighted by atomic mass is 9.96. The molecular formula is C10H10FNO3. The van der Waals surface area contributed by atoms with Crippen molar-refractivity contribution in [2.45, 2.75) is 18.3 Å². The molecule has 0 amide bonds. The van der Waals surface area contributed by atoms with E-state index in [-0.39, 0.29) is 17.9 Å². The van der Waals surface area contributed by atoms with Gasteiger partial charge in [-0.15, -0.1) is 0 Å². The third-order valence-corrected chi connectivity index (χ3v) is 2.89. The summed E-state index contributed by atoms with van der Waals surface area (Å²) in [6.45, 7) is -0.162. The van der Waals surface area contributed by atoms with Gasteiger partial charge in [-0.2, -0.15) is 0 Å². The van der Waals surface area contributed by atoms with Gasteiger partial charge in [0.2, 0.25) is 0 Å². The largest absolute Gasteiger partial charge is 0.395 e. The number of halogens is 1. The highest BCUT2D eigenvalue weighted by Crippen LogP contribution is 2.49. The van der Waals surface area contributed by atoms with E-state index >= 15 is 0 Å². The fourth-order valence-corrected chi connectivity index (χ4v) is 1.70. The molecule has 80 valence electrons. The summed E-state index contributed by atoms with van der Waals surface area (Å²) < 4.78 is 13.4. The zero-order chi connectivity index (χ0) is 11.1. The normalized spacial score (nSPS) is 17.5. The van der Waals surface area contributed by atoms with Crippen molar-refractivity contribution in [1.82, 2.24) is 0 Å². The lowest BCUT2D eigenvalue weighted by Gasteiger charge is -2.12. The average Bonchev–Trinajstić information content (AvgIpc) is 2.99. The third-order valence-electron chi connectivity index (χ3n) is 2.89. The molecule has 0 saturated heterocycles. The molecule has 1 saturated carbocycles. The smallest absolute Gasteiger partial charge is 0.269 e. The van der Waals surface area contributed by atoms with Crippen molar-refractivity contribution in [3.05, 3.63) is 39.7 Å². The quantitative estimate of drug-likeness (QED) is 0.612. The molecule has 1 aliphatic rings. The molecule has 0 atom stereocenters. The maximum atomic E-state index is 13.4. The Morgan fingerprint density at radius 1 is 1.53 bits per heavy atom. The predicted octanol–water partition coefficient (Wildman–Crippen LogP) is 1.76. The zero-order valence-electron chi connectivity index (χ0n) is 7.94. The van der Waals surface area contributed by atoms with Gasteiger partial charge in [0.25, 0.3) is 5.69 Å². The molecule has 1 fully saturated rings. The summed E-state index contributed by atoms with van der Waals surface area (Å²) in [4.78, 5) is 9.96. The van der Waals surface area contributed by atoms with E-state index in [9.17, 15) is 14.5 Å². The summed E-state index contributed by atoms with van der Waals surface area (Å²) in [5, 5.41) is 19.6. The minimum atomic E-state index is -0.573. The van der Waals surface area contributed by atoms with Crippen molar-refractivity contribution in [2.24, 2.45) is 0 Å². The van der Waals surface area contributed by atoms with Crippen molar-refractivity contribution >= 4 is 5.69 Å². The molecule has 0 radical (unpaired) electrons. The molecule has 5 heteroatoms. The van der Waals surface area contributed by atoms with E-state index in [2.05, 4.69) is 0 Å². The Morgan fingerprint density at radius 2 is 2.20 bits per heavy atom. The van der Waals surface area contributed by atoms with Gasteiger partial charge in [-0.25, -0.2) is 4.39 Å². The number of aliphatic hydroxyl groups excluding tert-OH is 1. The van der Waals surface area contributed by atoms with Crippen molar-refractivity contribution in [3.8, 4) is 0 Å². The van der Waals surface area contributed by atoms with Crippen molar-refractivity contribution < 1.29 is 14.4 Å². The molecule has 0 aliphatic heterocycles. The first-order valence-corrected chi connectivity index (χ1v) is 4.64. The molecule has 1 N–H and O–H groups in total. The van der Waals surface area contributed by atoms with Crippen LogP contribution in [0.15, 0.2) is 18.2 Å². The molecular weight excluding hydrogens is 201 g/mol. The molecule has 4 nitrogen and oxygen atoms in total. The van der Waals surface area contributed by atoms with E-state index < -0.39 is 16.2 Å². The van der Waals surface area contributed by atoms with Gasteiger partial charge < -0.3 is 5.11 Å². The highest BCUT2D eigenvalue weighted by Gasteiger charge is 2.46. The summed E-state index contributed by atoms with van der Waals surface area (Å²) in [6, 6.07) is 3.44. The second-order valence-corrected chi connectivity index (χ2v) is 3.86. The van der Waals surface area contributed by atoms with Crippen LogP contribution in [0.1, 0.15) is 18.4 Å². The molecule has 1 aromatic carbocycles. The average molecular weight is 211 g/mol. The number of hydrogen-bond acceptors (Lipinski definition) is 3. The lowest BCUT2D eigenvalue weighted by molar-refractivity contribution is -0.385. The Morgan fingerprint density at radius 3 is 2.67 bits per heavy atom. The van der Waals surface area contributed by atoms with Crippen molar-refractivity contribution in [3.63, 3.8) is 0 Å². The lowest BCUT2D eigenvalue weighted by Crippen LogP contribution is -2.14. The number of nitro groups is 1. The summed E-state index contributed by atoms with van der Waals surface area (Å²) in [5.41, 5.74) is -0.443. The van der Waals surface area contributed by atoms with Crippen LogP contribution in [-0.2, 0) is 5.41 Å². The van der Waals surface area contributed by atoms with Gasteiger partial charge in [0.15, 0.2) is 0 Å². The monoisotopic (exact) mass is 211 g/mol. The molecule has 15 heavy (non-hydrogen) atoms. The van der Waals surface area contributed by atoms with Crippen LogP contribution in [0, 0.1) is 15.9 Å². The van der Waals surface area contributed by atoms with E-state index in [0.717, 1.165) is 12.1 Å². The van der Waals surface area contributed by atoms with Gasteiger partial charge in [-0.05, 0) is 18.9 Å². The first kappa shape index (κ1) is 10.0. The Kier molecular flexibility index (Phi) is 2.19. The number of hydrogen-bond donors (Lipinski definition) is 1. The molecule has 2 rings (SSSR count). The Labute approximate surface area is 85.5 Å². The second-order valence-electron chi connectivity index (χ2n) is 3.86. The van der Waals surface area contributed by atoms with Gasteiger partial charge in [-0.3, -0.25) is 10.1 Å². The summed E-state index contributed by atoms with van der Waals surface area (Å²) >= 11 is 0. The maximum Gasteiger partial charge on any atom is 0.269 e. The molecule has 0 heterocycles. The fourth-order valence-electron chi connectivity index (χ4n) is 1.70. The van der Waals surface area contributed by atoms with Crippen LogP contribution in [-0.4, -0.2) is 16.6 Å². The molecule has 0 spiro atoms. The van der Waals surface area contributed by atoms with Gasteiger partial charge >= 0.3 is 0 Å². The number of nitrogens with zero attached hydrogens (tertiary/aromatic N) is 1. The predicted molar refractivity (Wildman–Crippen MR) is 51.1 cm³/mol. The zero-order valence-corrected chi connectivity index (χ0v) is 7.94. The van der Waals surface area contributed by atoms with Crippen LogP contribution >= 0.6 is 0 Å². The summed E-state index contributed by atoms with van der Waals surface area (Å²) in [7, 11) is 0. The topological polar surface area (TPSA) is 63.4 Å². The minimum Gasteiger partial charge on any atom is -0.395 e. The molecule has 0 bridgehead atoms. The van der Waals surface area contributed by atoms with Crippen LogP contribution in [0.25, 0.3) is 0 Å². The number of aliphatic hydroxyl groups is 1. The van der Waals surface area contributed by atoms with E-state index in [1.165, 1.54) is 6.07 Å². The fraction of sp³-hybridized carbons (Fsp3) is 0.400. The molecule has 0 aromatic heterocycles. The van der Waals surface area contributed by atoms with Gasteiger partial charge in [0.05, 0.1) is 11.5 Å². The van der Waals surface area contributed by atoms with E-state index in [1.54, 1.807) is 0 Å².